The number of hydrogen-bond donors (Lipinski definition) is 3. The minimum absolute atomic E-state index is 0.120. The third-order valence-corrected chi connectivity index (χ3v) is 5.86. The van der Waals surface area contributed by atoms with Gasteiger partial charge in [0.1, 0.15) is 12.1 Å². The number of ether oxygens (including phenoxy) is 1. The molecule has 1 amide bonds. The second kappa shape index (κ2) is 9.89. The molecule has 2 fully saturated rings. The number of rotatable bonds is 7. The lowest BCUT2D eigenvalue weighted by atomic mass is 9.96. The van der Waals surface area contributed by atoms with Crippen LogP contribution in [-0.4, -0.2) is 48.9 Å². The summed E-state index contributed by atoms with van der Waals surface area (Å²) >= 11 is 0. The average molecular weight is 389 g/mol. The minimum Gasteiger partial charge on any atom is -0.461 e. The summed E-state index contributed by atoms with van der Waals surface area (Å²) in [6.07, 6.45) is 6.55. The van der Waals surface area contributed by atoms with Crippen molar-refractivity contribution in [3.63, 3.8) is 0 Å². The molecule has 0 aromatic heterocycles. The molecule has 154 valence electrons. The number of benzene rings is 1. The number of carbonyl (C=O) groups is 2. The first-order chi connectivity index (χ1) is 13.6. The number of carbonyl (C=O) groups excluding carboxylic acids is 2. The van der Waals surface area contributed by atoms with Crippen LogP contribution >= 0.6 is 0 Å². The van der Waals surface area contributed by atoms with E-state index in [-0.39, 0.29) is 18.1 Å². The highest BCUT2D eigenvalue weighted by molar-refractivity contribution is 5.93. The first kappa shape index (κ1) is 20.6. The summed E-state index contributed by atoms with van der Waals surface area (Å²) in [5, 5.41) is 12.0. The van der Waals surface area contributed by atoms with Crippen LogP contribution in [0.4, 0.5) is 5.69 Å². The van der Waals surface area contributed by atoms with Crippen LogP contribution in [0.25, 0.3) is 0 Å². The molecule has 1 aromatic carbocycles. The van der Waals surface area contributed by atoms with Crippen LogP contribution in [0.5, 0.6) is 0 Å². The summed E-state index contributed by atoms with van der Waals surface area (Å²) < 4.78 is 5.57. The Morgan fingerprint density at radius 3 is 2.39 bits per heavy atom. The molecule has 3 N–H and O–H groups in total. The van der Waals surface area contributed by atoms with E-state index in [4.69, 9.17) is 9.94 Å². The van der Waals surface area contributed by atoms with Crippen molar-refractivity contribution in [2.75, 3.05) is 24.5 Å². The number of hydroxylamine groups is 1. The molecule has 7 nitrogen and oxygen atoms in total. The average Bonchev–Trinajstić information content (AvgIpc) is 3.25. The molecule has 1 aliphatic heterocycles. The Bertz CT molecular complexity index is 650. The van der Waals surface area contributed by atoms with E-state index in [0.717, 1.165) is 63.8 Å². The topological polar surface area (TPSA) is 90.9 Å². The fourth-order valence-corrected chi connectivity index (χ4v) is 3.98. The van der Waals surface area contributed by atoms with Crippen LogP contribution in [0.3, 0.4) is 0 Å². The molecule has 1 aliphatic carbocycles. The van der Waals surface area contributed by atoms with Crippen molar-refractivity contribution in [2.45, 2.75) is 57.6 Å². The van der Waals surface area contributed by atoms with Gasteiger partial charge >= 0.3 is 5.97 Å². The highest BCUT2D eigenvalue weighted by Crippen LogP contribution is 2.24. The molecule has 1 aromatic rings. The Balaban J connectivity index is 1.39. The Morgan fingerprint density at radius 2 is 1.79 bits per heavy atom. The number of piperidine rings is 1. The molecule has 28 heavy (non-hydrogen) atoms. The van der Waals surface area contributed by atoms with Gasteiger partial charge in [0, 0.05) is 24.3 Å². The van der Waals surface area contributed by atoms with Crippen LogP contribution in [-0.2, 0) is 9.53 Å². The second-order valence-corrected chi connectivity index (χ2v) is 7.89. The smallest absolute Gasteiger partial charge is 0.323 e. The number of esters is 1. The Kier molecular flexibility index (Phi) is 7.28. The monoisotopic (exact) mass is 389 g/mol. The van der Waals surface area contributed by atoms with Gasteiger partial charge in [-0.1, -0.05) is 0 Å². The van der Waals surface area contributed by atoms with Crippen molar-refractivity contribution >= 4 is 17.6 Å². The fraction of sp³-hybridized carbons (Fsp3) is 0.619. The third-order valence-electron chi connectivity index (χ3n) is 5.86. The summed E-state index contributed by atoms with van der Waals surface area (Å²) in [7, 11) is 0. The lowest BCUT2D eigenvalue weighted by Gasteiger charge is -2.34. The minimum atomic E-state index is -0.503. The highest BCUT2D eigenvalue weighted by Gasteiger charge is 2.24. The molecule has 1 saturated heterocycles. The molecule has 1 heterocycles. The van der Waals surface area contributed by atoms with E-state index < -0.39 is 5.91 Å². The largest absolute Gasteiger partial charge is 0.461 e. The van der Waals surface area contributed by atoms with Crippen molar-refractivity contribution in [2.24, 2.45) is 5.92 Å². The summed E-state index contributed by atoms with van der Waals surface area (Å²) in [6.45, 7) is 4.60. The molecule has 1 atom stereocenters. The number of amides is 1. The molecular weight excluding hydrogens is 358 g/mol. The fourth-order valence-electron chi connectivity index (χ4n) is 3.98. The summed E-state index contributed by atoms with van der Waals surface area (Å²) in [6, 6.07) is 6.98. The lowest BCUT2D eigenvalue weighted by Crippen LogP contribution is -2.42. The van der Waals surface area contributed by atoms with Crippen molar-refractivity contribution in [3.05, 3.63) is 29.8 Å². The SMILES string of the molecule is C[C@H](NCC1CCN(c2ccc(C(=O)NO)cc2)CC1)C(=O)OC1CCCC1. The molecule has 7 heteroatoms. The van der Waals surface area contributed by atoms with Crippen LogP contribution in [0.15, 0.2) is 24.3 Å². The Labute approximate surface area is 166 Å². The zero-order chi connectivity index (χ0) is 19.9. The van der Waals surface area contributed by atoms with Gasteiger partial charge in [-0.2, -0.15) is 0 Å². The summed E-state index contributed by atoms with van der Waals surface area (Å²) in [4.78, 5) is 25.9. The zero-order valence-corrected chi connectivity index (χ0v) is 16.5. The summed E-state index contributed by atoms with van der Waals surface area (Å²) in [5.74, 6) is -0.0920. The molecule has 1 saturated carbocycles. The quantitative estimate of drug-likeness (QED) is 0.377. The summed E-state index contributed by atoms with van der Waals surface area (Å²) in [5.41, 5.74) is 3.16. The van der Waals surface area contributed by atoms with Gasteiger partial charge in [0.25, 0.3) is 5.91 Å². The normalized spacial score (nSPS) is 19.4. The van der Waals surface area contributed by atoms with Crippen molar-refractivity contribution in [1.29, 1.82) is 0 Å². The number of anilines is 1. The van der Waals surface area contributed by atoms with E-state index in [1.807, 2.05) is 19.1 Å². The van der Waals surface area contributed by atoms with Gasteiger partial charge < -0.3 is 15.0 Å². The van der Waals surface area contributed by atoms with Crippen LogP contribution < -0.4 is 15.7 Å². The van der Waals surface area contributed by atoms with Crippen molar-refractivity contribution in [3.8, 4) is 0 Å². The molecule has 2 aliphatic rings. The van der Waals surface area contributed by atoms with E-state index in [1.54, 1.807) is 17.6 Å². The third kappa shape index (κ3) is 5.45. The molecule has 0 radical (unpaired) electrons. The van der Waals surface area contributed by atoms with E-state index in [1.165, 1.54) is 0 Å². The van der Waals surface area contributed by atoms with Gasteiger partial charge in [-0.25, -0.2) is 5.48 Å². The van der Waals surface area contributed by atoms with E-state index in [9.17, 15) is 9.59 Å². The zero-order valence-electron chi connectivity index (χ0n) is 16.5. The predicted molar refractivity (Wildman–Crippen MR) is 106 cm³/mol. The predicted octanol–water partition coefficient (Wildman–Crippen LogP) is 2.49. The lowest BCUT2D eigenvalue weighted by molar-refractivity contribution is -0.150. The molecule has 0 unspecified atom stereocenters. The molecule has 0 spiro atoms. The van der Waals surface area contributed by atoms with Crippen LogP contribution in [0.2, 0.25) is 0 Å². The van der Waals surface area contributed by atoms with Gasteiger partial charge in [0.05, 0.1) is 0 Å². The maximum Gasteiger partial charge on any atom is 0.323 e. The van der Waals surface area contributed by atoms with Crippen molar-refractivity contribution in [1.82, 2.24) is 10.8 Å². The van der Waals surface area contributed by atoms with Crippen LogP contribution in [0, 0.1) is 5.92 Å². The van der Waals surface area contributed by atoms with Gasteiger partial charge in [0.15, 0.2) is 0 Å². The van der Waals surface area contributed by atoms with E-state index in [2.05, 4.69) is 10.2 Å². The van der Waals surface area contributed by atoms with Crippen molar-refractivity contribution < 1.29 is 19.5 Å². The van der Waals surface area contributed by atoms with Gasteiger partial charge in [0.2, 0.25) is 0 Å². The number of nitrogens with one attached hydrogen (secondary N) is 2. The molecule has 0 bridgehead atoms. The van der Waals surface area contributed by atoms with Gasteiger partial charge in [-0.15, -0.1) is 0 Å². The van der Waals surface area contributed by atoms with E-state index >= 15 is 0 Å². The maximum absolute atomic E-state index is 12.2. The number of hydrogen-bond acceptors (Lipinski definition) is 6. The maximum atomic E-state index is 12.2. The van der Waals surface area contributed by atoms with E-state index in [0.29, 0.717) is 11.5 Å². The molecular formula is C21H31N3O4. The first-order valence-electron chi connectivity index (χ1n) is 10.3. The highest BCUT2D eigenvalue weighted by atomic mass is 16.5. The van der Waals surface area contributed by atoms with Gasteiger partial charge in [-0.05, 0) is 82.2 Å². The standard InChI is InChI=1S/C21H31N3O4/c1-15(21(26)28-19-4-2-3-5-19)22-14-16-10-12-24(13-11-16)18-8-6-17(7-9-18)20(25)23-27/h6-9,15-16,19,22,27H,2-5,10-14H2,1H3,(H,23,25)/t15-/m0/s1. The first-order valence-corrected chi connectivity index (χ1v) is 10.3. The molecule has 3 rings (SSSR count). The number of nitrogens with zero attached hydrogens (tertiary/aromatic N) is 1. The van der Waals surface area contributed by atoms with Crippen LogP contribution in [0.1, 0.15) is 55.8 Å². The second-order valence-electron chi connectivity index (χ2n) is 7.89. The Hall–Kier alpha value is -2.12. The Morgan fingerprint density at radius 1 is 1.14 bits per heavy atom. The van der Waals surface area contributed by atoms with Gasteiger partial charge in [-0.3, -0.25) is 14.8 Å².